The second-order valence-electron chi connectivity index (χ2n) is 2.99. The summed E-state index contributed by atoms with van der Waals surface area (Å²) in [5, 5.41) is 2.84. The van der Waals surface area contributed by atoms with Crippen LogP contribution in [0.25, 0.3) is 0 Å². The van der Waals surface area contributed by atoms with Crippen molar-refractivity contribution < 1.29 is 4.79 Å². The van der Waals surface area contributed by atoms with Crippen molar-refractivity contribution in [3.05, 3.63) is 20.8 Å². The van der Waals surface area contributed by atoms with Gasteiger partial charge in [-0.2, -0.15) is 0 Å². The summed E-state index contributed by atoms with van der Waals surface area (Å²) >= 11 is 5.05. The summed E-state index contributed by atoms with van der Waals surface area (Å²) < 4.78 is 1.10. The Morgan fingerprint density at radius 2 is 2.36 bits per heavy atom. The van der Waals surface area contributed by atoms with Gasteiger partial charge in [0.2, 0.25) is 5.91 Å². The van der Waals surface area contributed by atoms with Crippen LogP contribution in [-0.4, -0.2) is 31.4 Å². The Hall–Kier alpha value is -0.390. The number of nitrogens with zero attached hydrogens (tertiary/aromatic N) is 1. The Bertz CT molecular complexity index is 314. The monoisotopic (exact) mass is 276 g/mol. The van der Waals surface area contributed by atoms with E-state index in [1.807, 2.05) is 19.2 Å². The normalized spacial score (nSPS) is 10.2. The van der Waals surface area contributed by atoms with Gasteiger partial charge in [-0.25, -0.2) is 0 Å². The van der Waals surface area contributed by atoms with E-state index in [2.05, 4.69) is 21.2 Å². The number of likely N-dealkylation sites (N-methyl/N-ethyl adjacent to an activating group) is 2. The van der Waals surface area contributed by atoms with Crippen LogP contribution >= 0.6 is 27.3 Å². The van der Waals surface area contributed by atoms with Crippen LogP contribution in [0.15, 0.2) is 15.9 Å². The lowest BCUT2D eigenvalue weighted by Crippen LogP contribution is -2.33. The van der Waals surface area contributed by atoms with Gasteiger partial charge in [-0.05, 0) is 35.1 Å². The lowest BCUT2D eigenvalue weighted by molar-refractivity contribution is -0.129. The largest absolute Gasteiger partial charge is 0.340 e. The third-order valence-corrected chi connectivity index (χ3v) is 3.38. The van der Waals surface area contributed by atoms with Crippen LogP contribution in [0, 0.1) is 0 Å². The molecule has 1 N–H and O–H groups in total. The first-order valence-electron chi connectivity index (χ1n) is 4.26. The number of hydrogen-bond donors (Lipinski definition) is 1. The highest BCUT2D eigenvalue weighted by Crippen LogP contribution is 2.22. The van der Waals surface area contributed by atoms with Crippen molar-refractivity contribution in [1.82, 2.24) is 10.2 Å². The minimum atomic E-state index is 0.108. The van der Waals surface area contributed by atoms with Gasteiger partial charge in [-0.15, -0.1) is 11.3 Å². The molecule has 5 heteroatoms. The molecule has 0 spiro atoms. The van der Waals surface area contributed by atoms with E-state index in [9.17, 15) is 4.79 Å². The predicted octanol–water partition coefficient (Wildman–Crippen LogP) is 1.69. The van der Waals surface area contributed by atoms with Gasteiger partial charge in [0.25, 0.3) is 0 Å². The van der Waals surface area contributed by atoms with Gasteiger partial charge >= 0.3 is 0 Å². The number of hydrogen-bond acceptors (Lipinski definition) is 3. The summed E-state index contributed by atoms with van der Waals surface area (Å²) in [4.78, 5) is 14.3. The minimum Gasteiger partial charge on any atom is -0.340 e. The highest BCUT2D eigenvalue weighted by Gasteiger charge is 2.08. The fraction of sp³-hybridized carbons (Fsp3) is 0.444. The first kappa shape index (κ1) is 11.7. The fourth-order valence-electron chi connectivity index (χ4n) is 1.04. The number of carbonyl (C=O) groups excluding carboxylic acids is 1. The van der Waals surface area contributed by atoms with Crippen molar-refractivity contribution in [3.63, 3.8) is 0 Å². The Balaban J connectivity index is 2.48. The van der Waals surface area contributed by atoms with E-state index in [-0.39, 0.29) is 5.91 Å². The average Bonchev–Trinajstić information content (AvgIpc) is 2.51. The van der Waals surface area contributed by atoms with Gasteiger partial charge in [-0.3, -0.25) is 4.79 Å². The number of nitrogens with one attached hydrogen (secondary N) is 1. The maximum atomic E-state index is 11.4. The standard InChI is InChI=1S/C9H13BrN2OS/c1-11-5-9(13)12(2)6-7-3-4-8(10)14-7/h3-4,11H,5-6H2,1-2H3. The minimum absolute atomic E-state index is 0.108. The molecule has 1 amide bonds. The SMILES string of the molecule is CNCC(=O)N(C)Cc1ccc(Br)s1. The number of thiophene rings is 1. The Kier molecular flexibility index (Phi) is 4.57. The molecular weight excluding hydrogens is 264 g/mol. The van der Waals surface area contributed by atoms with Crippen LogP contribution in [0.4, 0.5) is 0 Å². The molecular formula is C9H13BrN2OS. The molecule has 1 rings (SSSR count). The Morgan fingerprint density at radius 3 is 2.86 bits per heavy atom. The molecule has 0 bridgehead atoms. The summed E-state index contributed by atoms with van der Waals surface area (Å²) in [5.41, 5.74) is 0. The average molecular weight is 277 g/mol. The Morgan fingerprint density at radius 1 is 1.64 bits per heavy atom. The smallest absolute Gasteiger partial charge is 0.236 e. The highest BCUT2D eigenvalue weighted by atomic mass is 79.9. The second-order valence-corrected chi connectivity index (χ2v) is 5.53. The molecule has 0 radical (unpaired) electrons. The summed E-state index contributed by atoms with van der Waals surface area (Å²) in [6, 6.07) is 4.02. The lowest BCUT2D eigenvalue weighted by atomic mass is 10.4. The van der Waals surface area contributed by atoms with Crippen molar-refractivity contribution in [2.75, 3.05) is 20.6 Å². The van der Waals surface area contributed by atoms with Gasteiger partial charge < -0.3 is 10.2 Å². The summed E-state index contributed by atoms with van der Waals surface area (Å²) in [6.45, 7) is 1.07. The maximum absolute atomic E-state index is 11.4. The highest BCUT2D eigenvalue weighted by molar-refractivity contribution is 9.11. The molecule has 0 aliphatic carbocycles. The van der Waals surface area contributed by atoms with Gasteiger partial charge in [0, 0.05) is 11.9 Å². The van der Waals surface area contributed by atoms with E-state index in [4.69, 9.17) is 0 Å². The van der Waals surface area contributed by atoms with Gasteiger partial charge in [0.1, 0.15) is 0 Å². The molecule has 1 aromatic heterocycles. The zero-order valence-electron chi connectivity index (χ0n) is 8.21. The lowest BCUT2D eigenvalue weighted by Gasteiger charge is -2.15. The first-order chi connectivity index (χ1) is 6.63. The third-order valence-electron chi connectivity index (χ3n) is 1.78. The van der Waals surface area contributed by atoms with Crippen molar-refractivity contribution in [2.24, 2.45) is 0 Å². The quantitative estimate of drug-likeness (QED) is 0.908. The number of carbonyl (C=O) groups is 1. The van der Waals surface area contributed by atoms with E-state index < -0.39 is 0 Å². The van der Waals surface area contributed by atoms with Gasteiger partial charge in [0.05, 0.1) is 16.9 Å². The van der Waals surface area contributed by atoms with Crippen molar-refractivity contribution in [2.45, 2.75) is 6.54 Å². The predicted molar refractivity (Wildman–Crippen MR) is 62.4 cm³/mol. The van der Waals surface area contributed by atoms with E-state index in [0.29, 0.717) is 13.1 Å². The van der Waals surface area contributed by atoms with E-state index in [0.717, 1.165) is 3.79 Å². The van der Waals surface area contributed by atoms with Crippen molar-refractivity contribution >= 4 is 33.2 Å². The summed E-state index contributed by atoms with van der Waals surface area (Å²) in [7, 11) is 3.58. The zero-order chi connectivity index (χ0) is 10.6. The molecule has 0 aliphatic rings. The topological polar surface area (TPSA) is 32.3 Å². The molecule has 0 unspecified atom stereocenters. The van der Waals surface area contributed by atoms with E-state index in [1.165, 1.54) is 4.88 Å². The zero-order valence-corrected chi connectivity index (χ0v) is 10.6. The summed E-state index contributed by atoms with van der Waals surface area (Å²) in [6.07, 6.45) is 0. The van der Waals surface area contributed by atoms with Crippen LogP contribution in [0.5, 0.6) is 0 Å². The molecule has 0 saturated heterocycles. The third kappa shape index (κ3) is 3.40. The van der Waals surface area contributed by atoms with Crippen LogP contribution in [0.3, 0.4) is 0 Å². The molecule has 1 aromatic rings. The first-order valence-corrected chi connectivity index (χ1v) is 5.87. The maximum Gasteiger partial charge on any atom is 0.236 e. The molecule has 78 valence electrons. The molecule has 14 heavy (non-hydrogen) atoms. The number of amides is 1. The summed E-state index contributed by atoms with van der Waals surface area (Å²) in [5.74, 6) is 0.108. The van der Waals surface area contributed by atoms with E-state index in [1.54, 1.807) is 23.3 Å². The molecule has 0 fully saturated rings. The van der Waals surface area contributed by atoms with Crippen LogP contribution in [-0.2, 0) is 11.3 Å². The molecule has 3 nitrogen and oxygen atoms in total. The van der Waals surface area contributed by atoms with Crippen LogP contribution in [0.2, 0.25) is 0 Å². The van der Waals surface area contributed by atoms with Gasteiger partial charge in [-0.1, -0.05) is 0 Å². The van der Waals surface area contributed by atoms with Gasteiger partial charge in [0.15, 0.2) is 0 Å². The molecule has 0 aliphatic heterocycles. The van der Waals surface area contributed by atoms with E-state index >= 15 is 0 Å². The second kappa shape index (κ2) is 5.48. The number of rotatable bonds is 4. The fourth-order valence-corrected chi connectivity index (χ4v) is 2.58. The molecule has 0 saturated carbocycles. The molecule has 0 aromatic carbocycles. The Labute approximate surface area is 96.2 Å². The van der Waals surface area contributed by atoms with Crippen molar-refractivity contribution in [3.8, 4) is 0 Å². The van der Waals surface area contributed by atoms with Crippen LogP contribution in [0.1, 0.15) is 4.88 Å². The molecule has 0 atom stereocenters. The number of halogens is 1. The van der Waals surface area contributed by atoms with Crippen molar-refractivity contribution in [1.29, 1.82) is 0 Å². The van der Waals surface area contributed by atoms with Crippen LogP contribution < -0.4 is 5.32 Å². The molecule has 1 heterocycles.